The van der Waals surface area contributed by atoms with Crippen LogP contribution in [0.3, 0.4) is 0 Å². The van der Waals surface area contributed by atoms with Gasteiger partial charge in [-0.2, -0.15) is 0 Å². The highest BCUT2D eigenvalue weighted by molar-refractivity contribution is 5.96. The van der Waals surface area contributed by atoms with E-state index in [1.165, 1.54) is 0 Å². The van der Waals surface area contributed by atoms with Gasteiger partial charge in [-0.05, 0) is 44.2 Å². The molecular formula is C22H24N2O4. The first-order chi connectivity index (χ1) is 13.6. The van der Waals surface area contributed by atoms with Gasteiger partial charge < -0.3 is 20.1 Å². The fourth-order valence-corrected chi connectivity index (χ4v) is 2.48. The molecule has 0 radical (unpaired) electrons. The number of hydrogen-bond donors (Lipinski definition) is 2. The molecule has 0 heterocycles. The SMILES string of the molecule is CCOc1ccc(C(=O)NCC#Cc2ccccc2C(=O)NC)cc1OCC. The molecule has 0 bridgehead atoms. The van der Waals surface area contributed by atoms with E-state index in [1.54, 1.807) is 43.4 Å². The Hall–Kier alpha value is -3.46. The summed E-state index contributed by atoms with van der Waals surface area (Å²) in [5.74, 6) is 6.46. The van der Waals surface area contributed by atoms with Crippen molar-refractivity contribution in [3.63, 3.8) is 0 Å². The van der Waals surface area contributed by atoms with E-state index in [-0.39, 0.29) is 18.4 Å². The van der Waals surface area contributed by atoms with Gasteiger partial charge in [0.1, 0.15) is 0 Å². The second kappa shape index (κ2) is 10.6. The van der Waals surface area contributed by atoms with Gasteiger partial charge in [-0.15, -0.1) is 0 Å². The summed E-state index contributed by atoms with van der Waals surface area (Å²) < 4.78 is 11.0. The molecule has 0 aromatic heterocycles. The zero-order valence-electron chi connectivity index (χ0n) is 16.3. The molecule has 2 aromatic rings. The first kappa shape index (κ1) is 20.8. The molecule has 28 heavy (non-hydrogen) atoms. The number of ether oxygens (including phenoxy) is 2. The molecule has 0 spiro atoms. The highest BCUT2D eigenvalue weighted by Gasteiger charge is 2.11. The van der Waals surface area contributed by atoms with Crippen molar-refractivity contribution in [1.82, 2.24) is 10.6 Å². The van der Waals surface area contributed by atoms with Crippen LogP contribution in [0.4, 0.5) is 0 Å². The lowest BCUT2D eigenvalue weighted by Crippen LogP contribution is -2.23. The van der Waals surface area contributed by atoms with Crippen molar-refractivity contribution >= 4 is 11.8 Å². The van der Waals surface area contributed by atoms with Crippen LogP contribution >= 0.6 is 0 Å². The second-order valence-electron chi connectivity index (χ2n) is 5.64. The smallest absolute Gasteiger partial charge is 0.252 e. The Morgan fingerprint density at radius 1 is 0.964 bits per heavy atom. The molecular weight excluding hydrogens is 356 g/mol. The summed E-state index contributed by atoms with van der Waals surface area (Å²) in [6, 6.07) is 12.1. The molecule has 0 atom stereocenters. The second-order valence-corrected chi connectivity index (χ2v) is 5.64. The monoisotopic (exact) mass is 380 g/mol. The van der Waals surface area contributed by atoms with E-state index < -0.39 is 0 Å². The Bertz CT molecular complexity index is 897. The molecule has 2 N–H and O–H groups in total. The molecule has 0 aliphatic carbocycles. The molecule has 0 unspecified atom stereocenters. The van der Waals surface area contributed by atoms with E-state index in [2.05, 4.69) is 22.5 Å². The lowest BCUT2D eigenvalue weighted by molar-refractivity contribution is 0.0952. The maximum Gasteiger partial charge on any atom is 0.252 e. The topological polar surface area (TPSA) is 76.7 Å². The van der Waals surface area contributed by atoms with Crippen molar-refractivity contribution in [2.75, 3.05) is 26.8 Å². The Balaban J connectivity index is 2.05. The van der Waals surface area contributed by atoms with Gasteiger partial charge in [-0.25, -0.2) is 0 Å². The van der Waals surface area contributed by atoms with Crippen molar-refractivity contribution in [3.05, 3.63) is 59.2 Å². The van der Waals surface area contributed by atoms with Gasteiger partial charge in [0.25, 0.3) is 11.8 Å². The number of nitrogens with one attached hydrogen (secondary N) is 2. The van der Waals surface area contributed by atoms with Crippen molar-refractivity contribution in [3.8, 4) is 23.3 Å². The van der Waals surface area contributed by atoms with Crippen LogP contribution in [-0.2, 0) is 0 Å². The maximum absolute atomic E-state index is 12.4. The average molecular weight is 380 g/mol. The van der Waals surface area contributed by atoms with E-state index in [0.29, 0.717) is 41.4 Å². The third-order valence-corrected chi connectivity index (χ3v) is 3.76. The molecule has 0 saturated carbocycles. The van der Waals surface area contributed by atoms with E-state index in [1.807, 2.05) is 19.9 Å². The summed E-state index contributed by atoms with van der Waals surface area (Å²) in [5.41, 5.74) is 1.56. The Labute approximate surface area is 165 Å². The van der Waals surface area contributed by atoms with Crippen molar-refractivity contribution in [1.29, 1.82) is 0 Å². The Morgan fingerprint density at radius 2 is 1.68 bits per heavy atom. The lowest BCUT2D eigenvalue weighted by Gasteiger charge is -2.12. The summed E-state index contributed by atoms with van der Waals surface area (Å²) in [4.78, 5) is 24.2. The van der Waals surface area contributed by atoms with Gasteiger partial charge in [-0.1, -0.05) is 24.0 Å². The number of carbonyl (C=O) groups excluding carboxylic acids is 2. The predicted molar refractivity (Wildman–Crippen MR) is 108 cm³/mol. The van der Waals surface area contributed by atoms with Crippen LogP contribution in [0.1, 0.15) is 40.1 Å². The molecule has 6 nitrogen and oxygen atoms in total. The van der Waals surface area contributed by atoms with E-state index >= 15 is 0 Å². The minimum atomic E-state index is -0.266. The van der Waals surface area contributed by atoms with Gasteiger partial charge in [0.15, 0.2) is 11.5 Å². The predicted octanol–water partition coefficient (Wildman–Crippen LogP) is 2.63. The summed E-state index contributed by atoms with van der Waals surface area (Å²) in [7, 11) is 1.57. The van der Waals surface area contributed by atoms with Crippen LogP contribution in [0.25, 0.3) is 0 Å². The van der Waals surface area contributed by atoms with Gasteiger partial charge >= 0.3 is 0 Å². The number of hydrogen-bond acceptors (Lipinski definition) is 4. The third-order valence-electron chi connectivity index (χ3n) is 3.76. The number of rotatable bonds is 7. The summed E-state index contributed by atoms with van der Waals surface area (Å²) in [6.07, 6.45) is 0. The van der Waals surface area contributed by atoms with Gasteiger partial charge in [-0.3, -0.25) is 9.59 Å². The third kappa shape index (κ3) is 5.52. The maximum atomic E-state index is 12.4. The molecule has 2 amide bonds. The molecule has 0 saturated heterocycles. The minimum absolute atomic E-state index is 0.151. The van der Waals surface area contributed by atoms with Crippen molar-refractivity contribution in [2.45, 2.75) is 13.8 Å². The van der Waals surface area contributed by atoms with E-state index in [4.69, 9.17) is 9.47 Å². The molecule has 0 aliphatic heterocycles. The van der Waals surface area contributed by atoms with E-state index in [9.17, 15) is 9.59 Å². The summed E-state index contributed by atoms with van der Waals surface area (Å²) in [6.45, 7) is 4.89. The van der Waals surface area contributed by atoms with Crippen LogP contribution < -0.4 is 20.1 Å². The minimum Gasteiger partial charge on any atom is -0.490 e. The highest BCUT2D eigenvalue weighted by atomic mass is 16.5. The molecule has 2 aromatic carbocycles. The Kier molecular flexibility index (Phi) is 7.92. The molecule has 2 rings (SSSR count). The first-order valence-electron chi connectivity index (χ1n) is 9.08. The van der Waals surface area contributed by atoms with Crippen LogP contribution in [0.2, 0.25) is 0 Å². The number of amides is 2. The highest BCUT2D eigenvalue weighted by Crippen LogP contribution is 2.28. The van der Waals surface area contributed by atoms with Crippen LogP contribution in [0.15, 0.2) is 42.5 Å². The standard InChI is InChI=1S/C22H24N2O4/c1-4-27-19-13-12-17(15-20(19)28-5-2)21(25)24-14-8-10-16-9-6-7-11-18(16)22(26)23-3/h6-7,9,11-13,15H,4-5,14H2,1-3H3,(H,23,26)(H,24,25). The largest absolute Gasteiger partial charge is 0.490 e. The van der Waals surface area contributed by atoms with Crippen LogP contribution in [0.5, 0.6) is 11.5 Å². The summed E-state index contributed by atoms with van der Waals surface area (Å²) in [5, 5.41) is 5.33. The molecule has 6 heteroatoms. The average Bonchev–Trinajstić information content (AvgIpc) is 2.72. The molecule has 0 fully saturated rings. The number of benzene rings is 2. The van der Waals surface area contributed by atoms with E-state index in [0.717, 1.165) is 0 Å². The fourth-order valence-electron chi connectivity index (χ4n) is 2.48. The quantitative estimate of drug-likeness (QED) is 0.724. The normalized spacial score (nSPS) is 9.68. The molecule has 0 aliphatic rings. The number of carbonyl (C=O) groups is 2. The van der Waals surface area contributed by atoms with Crippen LogP contribution in [-0.4, -0.2) is 38.6 Å². The molecule has 146 valence electrons. The lowest BCUT2D eigenvalue weighted by atomic mass is 10.1. The zero-order valence-corrected chi connectivity index (χ0v) is 16.3. The van der Waals surface area contributed by atoms with Crippen molar-refractivity contribution < 1.29 is 19.1 Å². The van der Waals surface area contributed by atoms with Crippen LogP contribution in [0, 0.1) is 11.8 Å². The van der Waals surface area contributed by atoms with Crippen molar-refractivity contribution in [2.24, 2.45) is 0 Å². The zero-order chi connectivity index (χ0) is 20.4. The van der Waals surface area contributed by atoms with Gasteiger partial charge in [0.05, 0.1) is 25.3 Å². The Morgan fingerprint density at radius 3 is 2.39 bits per heavy atom. The fraction of sp³-hybridized carbons (Fsp3) is 0.273. The van der Waals surface area contributed by atoms with Gasteiger partial charge in [0, 0.05) is 18.2 Å². The summed E-state index contributed by atoms with van der Waals surface area (Å²) >= 11 is 0. The van der Waals surface area contributed by atoms with Gasteiger partial charge in [0.2, 0.25) is 0 Å². The first-order valence-corrected chi connectivity index (χ1v) is 9.08.